The van der Waals surface area contributed by atoms with E-state index in [0.29, 0.717) is 25.2 Å². The first kappa shape index (κ1) is 21.3. The molecule has 158 valence electrons. The second-order valence-electron chi connectivity index (χ2n) is 7.25. The molecule has 29 heavy (non-hydrogen) atoms. The number of amides is 2. The Morgan fingerprint density at radius 2 is 2.14 bits per heavy atom. The third-order valence-corrected chi connectivity index (χ3v) is 5.56. The summed E-state index contributed by atoms with van der Waals surface area (Å²) in [5.74, 6) is -0.369. The number of ether oxygens (including phenoxy) is 1. The highest BCUT2D eigenvalue weighted by atomic mass is 35.5. The quantitative estimate of drug-likeness (QED) is 0.595. The number of carbonyl (C=O) groups excluding carboxylic acids is 2. The van der Waals surface area contributed by atoms with Gasteiger partial charge in [0.1, 0.15) is 17.7 Å². The Morgan fingerprint density at radius 3 is 2.86 bits per heavy atom. The topological polar surface area (TPSA) is 137 Å². The van der Waals surface area contributed by atoms with E-state index in [-0.39, 0.29) is 23.1 Å². The molecule has 0 radical (unpaired) electrons. The second kappa shape index (κ2) is 9.84. The highest BCUT2D eigenvalue weighted by Crippen LogP contribution is 2.26. The van der Waals surface area contributed by atoms with Crippen molar-refractivity contribution >= 4 is 35.5 Å². The molecular formula is C18H24ClN5O5. The number of rotatable bonds is 5. The van der Waals surface area contributed by atoms with Gasteiger partial charge in [-0.15, -0.1) is 0 Å². The summed E-state index contributed by atoms with van der Waals surface area (Å²) in [4.78, 5) is 40.4. The van der Waals surface area contributed by atoms with E-state index in [2.05, 4.69) is 20.5 Å². The average Bonchev–Trinajstić information content (AvgIpc) is 3.17. The summed E-state index contributed by atoms with van der Waals surface area (Å²) in [6.07, 6.45) is 6.11. The molecule has 1 saturated heterocycles. The molecule has 1 aromatic heterocycles. The standard InChI is InChI=1S/C18H24ClN5O5/c19-16-14(8-21-23-17(16)27)24-6-5-13(9-24)29-18(28)22-12-3-1-11(2-4-12)7-20-15(26)10-25/h7-8,11-13,25H,1-6,9-10H2,(H,22,28)(H,23,27)/t11?,12?,13-/m1/s1. The first-order valence-corrected chi connectivity index (χ1v) is 9.97. The maximum absolute atomic E-state index is 12.2. The van der Waals surface area contributed by atoms with Crippen LogP contribution in [0.5, 0.6) is 0 Å². The number of halogens is 1. The molecule has 0 aromatic carbocycles. The van der Waals surface area contributed by atoms with Crippen LogP contribution < -0.4 is 15.8 Å². The van der Waals surface area contributed by atoms with E-state index in [0.717, 1.165) is 25.7 Å². The molecule has 1 atom stereocenters. The van der Waals surface area contributed by atoms with Crippen LogP contribution in [-0.2, 0) is 9.53 Å². The summed E-state index contributed by atoms with van der Waals surface area (Å²) in [5.41, 5.74) is 0.0780. The van der Waals surface area contributed by atoms with E-state index in [1.54, 1.807) is 6.21 Å². The van der Waals surface area contributed by atoms with Crippen LogP contribution in [0.2, 0.25) is 5.02 Å². The zero-order chi connectivity index (χ0) is 20.8. The van der Waals surface area contributed by atoms with Crippen LogP contribution in [0.1, 0.15) is 32.1 Å². The number of hydrogen-bond donors (Lipinski definition) is 3. The van der Waals surface area contributed by atoms with Gasteiger partial charge in [0.25, 0.3) is 11.5 Å². The Kier molecular flexibility index (Phi) is 7.21. The largest absolute Gasteiger partial charge is 0.444 e. The molecule has 3 rings (SSSR count). The van der Waals surface area contributed by atoms with Gasteiger partial charge in [-0.05, 0) is 31.6 Å². The van der Waals surface area contributed by atoms with Gasteiger partial charge in [0.15, 0.2) is 0 Å². The van der Waals surface area contributed by atoms with Gasteiger partial charge in [0.2, 0.25) is 0 Å². The van der Waals surface area contributed by atoms with Crippen molar-refractivity contribution in [3.8, 4) is 0 Å². The van der Waals surface area contributed by atoms with Crippen molar-refractivity contribution in [2.45, 2.75) is 44.2 Å². The van der Waals surface area contributed by atoms with E-state index < -0.39 is 24.2 Å². The van der Waals surface area contributed by atoms with Gasteiger partial charge in [0.05, 0.1) is 18.4 Å². The van der Waals surface area contributed by atoms with Crippen LogP contribution in [0, 0.1) is 5.92 Å². The molecule has 0 bridgehead atoms. The van der Waals surface area contributed by atoms with Crippen molar-refractivity contribution in [3.63, 3.8) is 0 Å². The second-order valence-corrected chi connectivity index (χ2v) is 7.62. The van der Waals surface area contributed by atoms with Gasteiger partial charge in [0, 0.05) is 25.2 Å². The molecule has 3 N–H and O–H groups in total. The van der Waals surface area contributed by atoms with Gasteiger partial charge >= 0.3 is 6.09 Å². The monoisotopic (exact) mass is 425 g/mol. The maximum atomic E-state index is 12.2. The summed E-state index contributed by atoms with van der Waals surface area (Å²) < 4.78 is 5.52. The number of nitrogens with zero attached hydrogens (tertiary/aromatic N) is 3. The molecule has 2 fully saturated rings. The minimum Gasteiger partial charge on any atom is -0.444 e. The minimum atomic E-state index is -0.582. The molecule has 2 amide bonds. The molecule has 10 nitrogen and oxygen atoms in total. The Hall–Kier alpha value is -2.46. The number of hydrogen-bond acceptors (Lipinski definition) is 7. The lowest BCUT2D eigenvalue weighted by Gasteiger charge is -2.27. The molecule has 1 aliphatic heterocycles. The van der Waals surface area contributed by atoms with Gasteiger partial charge in [-0.2, -0.15) is 5.10 Å². The van der Waals surface area contributed by atoms with Gasteiger partial charge in [-0.3, -0.25) is 9.59 Å². The molecule has 2 aliphatic rings. The number of alkyl carbamates (subject to hydrolysis) is 1. The highest BCUT2D eigenvalue weighted by molar-refractivity contribution is 6.33. The molecule has 1 aliphatic carbocycles. The number of aliphatic hydroxyl groups excluding tert-OH is 1. The van der Waals surface area contributed by atoms with E-state index in [4.69, 9.17) is 21.4 Å². The Balaban J connectivity index is 1.42. The van der Waals surface area contributed by atoms with Crippen LogP contribution in [0.25, 0.3) is 0 Å². The Labute approximate surface area is 172 Å². The van der Waals surface area contributed by atoms with Crippen molar-refractivity contribution in [2.75, 3.05) is 24.6 Å². The van der Waals surface area contributed by atoms with E-state index in [9.17, 15) is 14.4 Å². The van der Waals surface area contributed by atoms with Crippen LogP contribution in [-0.4, -0.2) is 65.4 Å². The number of nitrogens with one attached hydrogen (secondary N) is 2. The first-order chi connectivity index (χ1) is 14.0. The zero-order valence-corrected chi connectivity index (χ0v) is 16.6. The van der Waals surface area contributed by atoms with Crippen molar-refractivity contribution in [2.24, 2.45) is 10.9 Å². The first-order valence-electron chi connectivity index (χ1n) is 9.59. The fourth-order valence-corrected chi connectivity index (χ4v) is 3.84. The number of anilines is 1. The predicted molar refractivity (Wildman–Crippen MR) is 106 cm³/mol. The average molecular weight is 426 g/mol. The fourth-order valence-electron chi connectivity index (χ4n) is 3.63. The predicted octanol–water partition coefficient (Wildman–Crippen LogP) is 0.877. The minimum absolute atomic E-state index is 0.0181. The van der Waals surface area contributed by atoms with Crippen LogP contribution in [0.4, 0.5) is 10.5 Å². The molecule has 1 saturated carbocycles. The summed E-state index contributed by atoms with van der Waals surface area (Å²) in [6, 6.07) is 0.0181. The molecule has 11 heteroatoms. The van der Waals surface area contributed by atoms with E-state index in [1.165, 1.54) is 6.20 Å². The molecular weight excluding hydrogens is 402 g/mol. The van der Waals surface area contributed by atoms with E-state index in [1.807, 2.05) is 4.90 Å². The SMILES string of the molecule is O=C(CO)N=CC1CCC(NC(=O)O[C@@H]2CCN(c3cn[nH]c(=O)c3Cl)C2)CC1. The smallest absolute Gasteiger partial charge is 0.407 e. The van der Waals surface area contributed by atoms with Crippen LogP contribution >= 0.6 is 11.6 Å². The normalized spacial score (nSPS) is 24.6. The van der Waals surface area contributed by atoms with Gasteiger partial charge in [-0.1, -0.05) is 11.6 Å². The molecule has 0 unspecified atom stereocenters. The van der Waals surface area contributed by atoms with Crippen molar-refractivity contribution in [3.05, 3.63) is 21.6 Å². The van der Waals surface area contributed by atoms with Gasteiger partial charge in [-0.25, -0.2) is 14.9 Å². The number of aromatic nitrogens is 2. The van der Waals surface area contributed by atoms with Crippen LogP contribution in [0.3, 0.4) is 0 Å². The van der Waals surface area contributed by atoms with Crippen molar-refractivity contribution in [1.82, 2.24) is 15.5 Å². The lowest BCUT2D eigenvalue weighted by atomic mass is 9.87. The third-order valence-electron chi connectivity index (χ3n) is 5.19. The summed E-state index contributed by atoms with van der Waals surface area (Å²) >= 11 is 6.03. The molecule has 2 heterocycles. The number of carbonyl (C=O) groups is 2. The maximum Gasteiger partial charge on any atom is 0.407 e. The lowest BCUT2D eigenvalue weighted by Crippen LogP contribution is -2.40. The van der Waals surface area contributed by atoms with Crippen molar-refractivity contribution in [1.29, 1.82) is 0 Å². The van der Waals surface area contributed by atoms with Gasteiger partial charge < -0.3 is 20.1 Å². The van der Waals surface area contributed by atoms with Crippen LogP contribution in [0.15, 0.2) is 16.0 Å². The summed E-state index contributed by atoms with van der Waals surface area (Å²) in [7, 11) is 0. The molecule has 0 spiro atoms. The summed E-state index contributed by atoms with van der Waals surface area (Å²) in [5, 5.41) is 17.7. The number of aromatic amines is 1. The number of H-pyrrole nitrogens is 1. The molecule has 1 aromatic rings. The highest BCUT2D eigenvalue weighted by Gasteiger charge is 2.29. The zero-order valence-electron chi connectivity index (χ0n) is 15.8. The van der Waals surface area contributed by atoms with Crippen molar-refractivity contribution < 1.29 is 19.4 Å². The summed E-state index contributed by atoms with van der Waals surface area (Å²) in [6.45, 7) is 0.474. The Bertz CT molecular complexity index is 821. The fraction of sp³-hybridized carbons (Fsp3) is 0.611. The number of aliphatic imine (C=N–C) groups is 1. The Morgan fingerprint density at radius 1 is 1.38 bits per heavy atom. The van der Waals surface area contributed by atoms with E-state index >= 15 is 0 Å². The number of aliphatic hydroxyl groups is 1. The third kappa shape index (κ3) is 5.77. The lowest BCUT2D eigenvalue weighted by molar-refractivity contribution is -0.120.